The number of carbonyl (C=O) groups excluding carboxylic acids is 1. The summed E-state index contributed by atoms with van der Waals surface area (Å²) in [5.74, 6) is 1.66. The predicted octanol–water partition coefficient (Wildman–Crippen LogP) is 0.292. The van der Waals surface area contributed by atoms with Crippen LogP contribution >= 0.6 is 0 Å². The van der Waals surface area contributed by atoms with Gasteiger partial charge in [0, 0.05) is 39.7 Å². The molecule has 3 rings (SSSR count). The smallest absolute Gasteiger partial charge is 0.231 e. The lowest BCUT2D eigenvalue weighted by atomic mass is 9.78. The summed E-state index contributed by atoms with van der Waals surface area (Å²) >= 11 is 0. The van der Waals surface area contributed by atoms with E-state index in [0.29, 0.717) is 19.0 Å². The fourth-order valence-electron chi connectivity index (χ4n) is 3.74. The van der Waals surface area contributed by atoms with Gasteiger partial charge >= 0.3 is 0 Å². The molecule has 25 heavy (non-hydrogen) atoms. The Labute approximate surface area is 148 Å². The van der Waals surface area contributed by atoms with E-state index < -0.39 is 0 Å². The number of rotatable bonds is 6. The average Bonchev–Trinajstić information content (AvgIpc) is 3.10. The summed E-state index contributed by atoms with van der Waals surface area (Å²) in [7, 11) is 1.68. The number of ether oxygens (including phenoxy) is 1. The molecule has 8 heteroatoms. The predicted molar refractivity (Wildman–Crippen MR) is 91.9 cm³/mol. The van der Waals surface area contributed by atoms with Gasteiger partial charge in [-0.2, -0.15) is 4.98 Å². The lowest BCUT2D eigenvalue weighted by molar-refractivity contribution is -0.149. The van der Waals surface area contributed by atoms with Crippen molar-refractivity contribution >= 4 is 5.91 Å². The van der Waals surface area contributed by atoms with Gasteiger partial charge in [-0.15, -0.1) is 0 Å². The van der Waals surface area contributed by atoms with Gasteiger partial charge in [0.2, 0.25) is 11.8 Å². The third-order valence-electron chi connectivity index (χ3n) is 5.27. The van der Waals surface area contributed by atoms with Gasteiger partial charge in [-0.1, -0.05) is 12.1 Å². The zero-order chi connectivity index (χ0) is 17.7. The number of aromatic nitrogens is 2. The van der Waals surface area contributed by atoms with Gasteiger partial charge in [0.1, 0.15) is 0 Å². The number of piperidine rings is 1. The van der Waals surface area contributed by atoms with E-state index in [9.17, 15) is 4.79 Å². The van der Waals surface area contributed by atoms with Crippen molar-refractivity contribution < 1.29 is 14.1 Å². The molecule has 2 fully saturated rings. The van der Waals surface area contributed by atoms with E-state index in [4.69, 9.17) is 9.26 Å². The van der Waals surface area contributed by atoms with E-state index in [2.05, 4.69) is 20.4 Å². The van der Waals surface area contributed by atoms with E-state index >= 15 is 0 Å². The number of nitrogens with zero attached hydrogens (tertiary/aromatic N) is 4. The zero-order valence-electron chi connectivity index (χ0n) is 15.3. The second kappa shape index (κ2) is 8.25. The molecule has 1 aromatic heterocycles. The molecule has 1 amide bonds. The molecule has 0 atom stereocenters. The van der Waals surface area contributed by atoms with Crippen molar-refractivity contribution in [3.05, 3.63) is 11.7 Å². The van der Waals surface area contributed by atoms with Gasteiger partial charge < -0.3 is 19.5 Å². The van der Waals surface area contributed by atoms with Crippen LogP contribution < -0.4 is 5.32 Å². The van der Waals surface area contributed by atoms with Crippen molar-refractivity contribution in [1.82, 2.24) is 25.3 Å². The van der Waals surface area contributed by atoms with E-state index in [1.807, 2.05) is 11.8 Å². The zero-order valence-corrected chi connectivity index (χ0v) is 15.3. The highest BCUT2D eigenvalue weighted by Gasteiger charge is 2.42. The van der Waals surface area contributed by atoms with Crippen molar-refractivity contribution in [2.24, 2.45) is 5.41 Å². The molecule has 0 aliphatic carbocycles. The Bertz CT molecular complexity index is 557. The fraction of sp³-hybridized carbons (Fsp3) is 0.824. The third kappa shape index (κ3) is 4.19. The highest BCUT2D eigenvalue weighted by Crippen LogP contribution is 2.32. The first-order valence-electron chi connectivity index (χ1n) is 9.20. The largest absolute Gasteiger partial charge is 0.384 e. The Morgan fingerprint density at radius 1 is 1.28 bits per heavy atom. The van der Waals surface area contributed by atoms with E-state index in [0.717, 1.165) is 64.4 Å². The molecule has 3 heterocycles. The van der Waals surface area contributed by atoms with Crippen LogP contribution in [0.15, 0.2) is 4.52 Å². The van der Waals surface area contributed by atoms with Crippen LogP contribution in [-0.4, -0.2) is 78.8 Å². The van der Waals surface area contributed by atoms with Crippen molar-refractivity contribution in [3.8, 4) is 0 Å². The summed E-state index contributed by atoms with van der Waals surface area (Å²) in [6.45, 7) is 8.12. The van der Waals surface area contributed by atoms with Crippen LogP contribution in [0.25, 0.3) is 0 Å². The average molecular weight is 351 g/mol. The molecule has 0 aromatic carbocycles. The summed E-state index contributed by atoms with van der Waals surface area (Å²) in [5, 5.41) is 7.35. The van der Waals surface area contributed by atoms with E-state index in [1.54, 1.807) is 7.11 Å². The number of carbonyl (C=O) groups is 1. The highest BCUT2D eigenvalue weighted by atomic mass is 16.5. The minimum Gasteiger partial charge on any atom is -0.384 e. The number of hydrogen-bond acceptors (Lipinski definition) is 7. The molecule has 0 spiro atoms. The summed E-state index contributed by atoms with van der Waals surface area (Å²) in [5.41, 5.74) is -0.355. The van der Waals surface area contributed by atoms with Gasteiger partial charge in [0.25, 0.3) is 0 Å². The number of nitrogens with one attached hydrogen (secondary N) is 1. The van der Waals surface area contributed by atoms with Crippen LogP contribution in [-0.2, 0) is 22.5 Å². The molecule has 0 saturated carbocycles. The first-order chi connectivity index (χ1) is 12.2. The lowest BCUT2D eigenvalue weighted by Gasteiger charge is -2.42. The molecular weight excluding hydrogens is 322 g/mol. The fourth-order valence-corrected chi connectivity index (χ4v) is 3.74. The first kappa shape index (κ1) is 18.3. The van der Waals surface area contributed by atoms with Crippen molar-refractivity contribution in [2.45, 2.75) is 32.7 Å². The molecule has 0 radical (unpaired) electrons. The summed E-state index contributed by atoms with van der Waals surface area (Å²) in [6, 6.07) is 0. The van der Waals surface area contributed by atoms with Gasteiger partial charge in [0.05, 0.1) is 18.6 Å². The highest BCUT2D eigenvalue weighted by molar-refractivity contribution is 5.83. The molecule has 2 saturated heterocycles. The maximum Gasteiger partial charge on any atom is 0.231 e. The molecule has 8 nitrogen and oxygen atoms in total. The Morgan fingerprint density at radius 3 is 2.60 bits per heavy atom. The van der Waals surface area contributed by atoms with Gasteiger partial charge in [-0.25, -0.2) is 0 Å². The van der Waals surface area contributed by atoms with Crippen LogP contribution in [0.5, 0.6) is 0 Å². The Morgan fingerprint density at radius 2 is 2.00 bits per heavy atom. The minimum absolute atomic E-state index is 0.253. The Kier molecular flexibility index (Phi) is 6.03. The summed E-state index contributed by atoms with van der Waals surface area (Å²) in [6.07, 6.45) is 2.46. The van der Waals surface area contributed by atoms with Gasteiger partial charge in [-0.05, 0) is 25.9 Å². The molecule has 0 bridgehead atoms. The topological polar surface area (TPSA) is 83.7 Å². The van der Waals surface area contributed by atoms with Crippen molar-refractivity contribution in [1.29, 1.82) is 0 Å². The number of methoxy groups -OCH3 is 1. The number of hydrogen-bond donors (Lipinski definition) is 1. The third-order valence-corrected chi connectivity index (χ3v) is 5.27. The van der Waals surface area contributed by atoms with Crippen LogP contribution in [0, 0.1) is 5.41 Å². The normalized spacial score (nSPS) is 21.4. The SMILES string of the molecule is CCc1nc(CN2CCN(C(=O)C3(COC)CCNCC3)CC2)no1. The molecule has 0 unspecified atom stereocenters. The minimum atomic E-state index is -0.355. The van der Waals surface area contributed by atoms with Crippen LogP contribution in [0.2, 0.25) is 0 Å². The van der Waals surface area contributed by atoms with Crippen molar-refractivity contribution in [2.75, 3.05) is 53.0 Å². The first-order valence-corrected chi connectivity index (χ1v) is 9.20. The second-order valence-electron chi connectivity index (χ2n) is 6.99. The monoisotopic (exact) mass is 351 g/mol. The molecule has 2 aliphatic heterocycles. The quantitative estimate of drug-likeness (QED) is 0.789. The maximum absolute atomic E-state index is 13.1. The van der Waals surface area contributed by atoms with Crippen LogP contribution in [0.4, 0.5) is 0 Å². The summed E-state index contributed by atoms with van der Waals surface area (Å²) < 4.78 is 10.6. The molecular formula is C17H29N5O3. The van der Waals surface area contributed by atoms with Crippen LogP contribution in [0.1, 0.15) is 31.5 Å². The van der Waals surface area contributed by atoms with Crippen molar-refractivity contribution in [3.63, 3.8) is 0 Å². The molecule has 2 aliphatic rings. The van der Waals surface area contributed by atoms with Gasteiger partial charge in [-0.3, -0.25) is 9.69 Å². The summed E-state index contributed by atoms with van der Waals surface area (Å²) in [4.78, 5) is 21.8. The standard InChI is InChI=1S/C17H29N5O3/c1-3-15-19-14(20-25-15)12-21-8-10-22(11-9-21)16(23)17(13-24-2)4-6-18-7-5-17/h18H,3-13H2,1-2H3. The number of aryl methyl sites for hydroxylation is 1. The lowest BCUT2D eigenvalue weighted by Crippen LogP contribution is -2.56. The number of piperazine rings is 1. The number of amides is 1. The van der Waals surface area contributed by atoms with Gasteiger partial charge in [0.15, 0.2) is 5.82 Å². The van der Waals surface area contributed by atoms with Crippen LogP contribution in [0.3, 0.4) is 0 Å². The second-order valence-corrected chi connectivity index (χ2v) is 6.99. The Hall–Kier alpha value is -1.51. The molecule has 140 valence electrons. The maximum atomic E-state index is 13.1. The Balaban J connectivity index is 1.54. The van der Waals surface area contributed by atoms with E-state index in [-0.39, 0.29) is 11.3 Å². The molecule has 1 N–H and O–H groups in total. The van der Waals surface area contributed by atoms with E-state index in [1.165, 1.54) is 0 Å². The molecule has 1 aromatic rings.